The van der Waals surface area contributed by atoms with Gasteiger partial charge in [0.05, 0.1) is 6.67 Å². The van der Waals surface area contributed by atoms with Gasteiger partial charge in [0.25, 0.3) is 0 Å². The van der Waals surface area contributed by atoms with Crippen LogP contribution in [0.15, 0.2) is 0 Å². The van der Waals surface area contributed by atoms with E-state index in [-0.39, 0.29) is 0 Å². The molecule has 10 heavy (non-hydrogen) atoms. The summed E-state index contributed by atoms with van der Waals surface area (Å²) in [5.41, 5.74) is 0. The molecule has 1 unspecified atom stereocenters. The van der Waals surface area contributed by atoms with Crippen LogP contribution < -0.4 is 0 Å². The van der Waals surface area contributed by atoms with Crippen molar-refractivity contribution < 1.29 is 0 Å². The molecule has 0 amide bonds. The van der Waals surface area contributed by atoms with Crippen LogP contribution in [0.2, 0.25) is 0 Å². The molecule has 2 heteroatoms. The second-order valence-corrected chi connectivity index (χ2v) is 3.75. The van der Waals surface area contributed by atoms with Crippen LogP contribution in [0.1, 0.15) is 13.8 Å². The lowest BCUT2D eigenvalue weighted by molar-refractivity contribution is 0.248. The fourth-order valence-electron chi connectivity index (χ4n) is 1.72. The predicted octanol–water partition coefficient (Wildman–Crippen LogP) is 0.846. The van der Waals surface area contributed by atoms with Gasteiger partial charge in [-0.2, -0.15) is 0 Å². The average Bonchev–Trinajstić information content (AvgIpc) is 2.10. The topological polar surface area (TPSA) is 6.48 Å². The van der Waals surface area contributed by atoms with E-state index in [0.717, 1.165) is 18.6 Å². The van der Waals surface area contributed by atoms with Crippen molar-refractivity contribution in [3.63, 3.8) is 0 Å². The number of hydrogen-bond acceptors (Lipinski definition) is 2. The third-order valence-corrected chi connectivity index (χ3v) is 2.30. The van der Waals surface area contributed by atoms with Crippen molar-refractivity contribution in [1.82, 2.24) is 9.80 Å². The van der Waals surface area contributed by atoms with E-state index in [1.807, 2.05) is 0 Å². The normalized spacial score (nSPS) is 30.3. The van der Waals surface area contributed by atoms with Crippen molar-refractivity contribution in [3.05, 3.63) is 0 Å². The molecule has 60 valence electrons. The highest BCUT2D eigenvalue weighted by Crippen LogP contribution is 2.15. The lowest BCUT2D eigenvalue weighted by Gasteiger charge is -2.21. The molecule has 0 aromatic rings. The molecule has 0 spiro atoms. The Hall–Kier alpha value is -0.0800. The fraction of sp³-hybridized carbons (Fsp3) is 1.00. The quantitative estimate of drug-likeness (QED) is 0.535. The van der Waals surface area contributed by atoms with Gasteiger partial charge < -0.3 is 0 Å². The third kappa shape index (κ3) is 1.50. The summed E-state index contributed by atoms with van der Waals surface area (Å²) >= 11 is 0. The van der Waals surface area contributed by atoms with Crippen LogP contribution in [0, 0.1) is 5.92 Å². The van der Waals surface area contributed by atoms with Gasteiger partial charge in [-0.25, -0.2) is 0 Å². The van der Waals surface area contributed by atoms with Crippen molar-refractivity contribution in [2.75, 3.05) is 27.3 Å². The van der Waals surface area contributed by atoms with E-state index in [0.29, 0.717) is 0 Å². The molecule has 1 aliphatic heterocycles. The first-order valence-electron chi connectivity index (χ1n) is 4.00. The zero-order valence-electron chi connectivity index (χ0n) is 7.46. The monoisotopic (exact) mass is 142 g/mol. The second-order valence-electron chi connectivity index (χ2n) is 3.75. The molecule has 1 atom stereocenters. The minimum Gasteiger partial charge on any atom is -0.292 e. The van der Waals surface area contributed by atoms with Crippen molar-refractivity contribution >= 4 is 0 Å². The summed E-state index contributed by atoms with van der Waals surface area (Å²) in [6, 6.07) is 0.769. The van der Waals surface area contributed by atoms with E-state index in [9.17, 15) is 0 Å². The molecule has 2 nitrogen and oxygen atoms in total. The molecule has 0 aromatic heterocycles. The maximum absolute atomic E-state index is 2.42. The van der Waals surface area contributed by atoms with Gasteiger partial charge in [0.2, 0.25) is 0 Å². The third-order valence-electron chi connectivity index (χ3n) is 2.30. The fourth-order valence-corrected chi connectivity index (χ4v) is 1.72. The Kier molecular flexibility index (Phi) is 2.32. The predicted molar refractivity (Wildman–Crippen MR) is 43.9 cm³/mol. The van der Waals surface area contributed by atoms with Crippen LogP contribution in [0.4, 0.5) is 0 Å². The molecule has 1 aliphatic rings. The Labute approximate surface area is 63.8 Å². The minimum atomic E-state index is 0.769. The van der Waals surface area contributed by atoms with Gasteiger partial charge in [-0.15, -0.1) is 0 Å². The highest BCUT2D eigenvalue weighted by molar-refractivity contribution is 4.80. The Morgan fingerprint density at radius 3 is 2.10 bits per heavy atom. The smallest absolute Gasteiger partial charge is 0.0504 e. The largest absolute Gasteiger partial charge is 0.292 e. The molecule has 1 heterocycles. The summed E-state index contributed by atoms with van der Waals surface area (Å²) in [5, 5.41) is 0. The summed E-state index contributed by atoms with van der Waals surface area (Å²) in [6.45, 7) is 6.94. The first-order chi connectivity index (χ1) is 4.61. The molecular formula is C8H18N2. The Balaban J connectivity index is 2.46. The highest BCUT2D eigenvalue weighted by Gasteiger charge is 2.26. The molecule has 1 saturated heterocycles. The van der Waals surface area contributed by atoms with Crippen molar-refractivity contribution in [3.8, 4) is 0 Å². The standard InChI is InChI=1S/C8H18N2/c1-7(2)8-5-9(3)6-10(8)4/h7-8H,5-6H2,1-4H3. The molecule has 0 bridgehead atoms. The van der Waals surface area contributed by atoms with Crippen LogP contribution in [0.3, 0.4) is 0 Å². The SMILES string of the molecule is CC(C)C1CN(C)CN1C. The molecule has 0 N–H and O–H groups in total. The molecular weight excluding hydrogens is 124 g/mol. The maximum atomic E-state index is 2.42. The minimum absolute atomic E-state index is 0.769. The summed E-state index contributed by atoms with van der Waals surface area (Å²) in [6.07, 6.45) is 0. The zero-order chi connectivity index (χ0) is 7.72. The van der Waals surface area contributed by atoms with Crippen LogP contribution in [0.5, 0.6) is 0 Å². The number of rotatable bonds is 1. The maximum Gasteiger partial charge on any atom is 0.0504 e. The van der Waals surface area contributed by atoms with E-state index in [1.165, 1.54) is 6.54 Å². The van der Waals surface area contributed by atoms with Crippen LogP contribution in [0.25, 0.3) is 0 Å². The van der Waals surface area contributed by atoms with Crippen LogP contribution in [-0.4, -0.2) is 43.2 Å². The van der Waals surface area contributed by atoms with Gasteiger partial charge in [0.1, 0.15) is 0 Å². The van der Waals surface area contributed by atoms with Crippen molar-refractivity contribution in [2.24, 2.45) is 5.92 Å². The molecule has 0 radical (unpaired) electrons. The Bertz CT molecular complexity index is 112. The Morgan fingerprint density at radius 1 is 1.30 bits per heavy atom. The van der Waals surface area contributed by atoms with Gasteiger partial charge in [-0.1, -0.05) is 13.8 Å². The van der Waals surface area contributed by atoms with Crippen molar-refractivity contribution in [2.45, 2.75) is 19.9 Å². The molecule has 1 fully saturated rings. The van der Waals surface area contributed by atoms with Crippen LogP contribution in [-0.2, 0) is 0 Å². The lowest BCUT2D eigenvalue weighted by Crippen LogP contribution is -2.31. The average molecular weight is 142 g/mol. The molecule has 0 saturated carbocycles. The number of likely N-dealkylation sites (N-methyl/N-ethyl adjacent to an activating group) is 2. The van der Waals surface area contributed by atoms with E-state index < -0.39 is 0 Å². The zero-order valence-corrected chi connectivity index (χ0v) is 7.46. The van der Waals surface area contributed by atoms with Gasteiger partial charge in [-0.05, 0) is 20.0 Å². The van der Waals surface area contributed by atoms with E-state index in [4.69, 9.17) is 0 Å². The van der Waals surface area contributed by atoms with Crippen LogP contribution >= 0.6 is 0 Å². The van der Waals surface area contributed by atoms with Gasteiger partial charge in [0, 0.05) is 12.6 Å². The summed E-state index contributed by atoms with van der Waals surface area (Å²) in [4.78, 5) is 4.79. The van der Waals surface area contributed by atoms with Gasteiger partial charge in [-0.3, -0.25) is 9.80 Å². The number of nitrogens with zero attached hydrogens (tertiary/aromatic N) is 2. The molecule has 1 rings (SSSR count). The first-order valence-corrected chi connectivity index (χ1v) is 4.00. The van der Waals surface area contributed by atoms with Crippen molar-refractivity contribution in [1.29, 1.82) is 0 Å². The van der Waals surface area contributed by atoms with Gasteiger partial charge >= 0.3 is 0 Å². The first kappa shape index (κ1) is 8.02. The Morgan fingerprint density at radius 2 is 1.90 bits per heavy atom. The molecule has 0 aliphatic carbocycles. The van der Waals surface area contributed by atoms with E-state index >= 15 is 0 Å². The summed E-state index contributed by atoms with van der Waals surface area (Å²) in [5.74, 6) is 0.787. The number of hydrogen-bond donors (Lipinski definition) is 0. The highest BCUT2D eigenvalue weighted by atomic mass is 15.4. The summed E-state index contributed by atoms with van der Waals surface area (Å²) in [7, 11) is 4.38. The second kappa shape index (κ2) is 2.89. The van der Waals surface area contributed by atoms with E-state index in [1.54, 1.807) is 0 Å². The van der Waals surface area contributed by atoms with E-state index in [2.05, 4.69) is 37.7 Å². The van der Waals surface area contributed by atoms with Gasteiger partial charge in [0.15, 0.2) is 0 Å². The summed E-state index contributed by atoms with van der Waals surface area (Å²) < 4.78 is 0. The lowest BCUT2D eigenvalue weighted by atomic mass is 10.1. The molecule has 0 aromatic carbocycles.